The maximum absolute atomic E-state index is 12.4. The van der Waals surface area contributed by atoms with E-state index < -0.39 is 12.5 Å². The average Bonchev–Trinajstić information content (AvgIpc) is 2.09. The van der Waals surface area contributed by atoms with Gasteiger partial charge in [-0.15, -0.1) is 12.4 Å². The summed E-state index contributed by atoms with van der Waals surface area (Å²) in [4.78, 5) is 0. The molecule has 80 valence electrons. The van der Waals surface area contributed by atoms with Gasteiger partial charge in [0.15, 0.2) is 0 Å². The molecule has 0 heterocycles. The Morgan fingerprint density at radius 2 is 1.71 bits per heavy atom. The molecular weight excluding hydrogens is 275 g/mol. The molecule has 1 nitrogen and oxygen atoms in total. The summed E-state index contributed by atoms with van der Waals surface area (Å²) in [7, 11) is 1.53. The minimum absolute atomic E-state index is 0. The molecule has 5 heteroatoms. The molecule has 1 aromatic rings. The van der Waals surface area contributed by atoms with Crippen molar-refractivity contribution in [2.24, 2.45) is 0 Å². The van der Waals surface area contributed by atoms with Crippen molar-refractivity contribution in [2.75, 3.05) is 7.05 Å². The standard InChI is InChI=1S/C9H10BrF2N.ClH/c1-13-8(9(11)12)6-2-4-7(10)5-3-6;/h2-5,8-9,13H,1H3;1H. The first-order valence-corrected chi connectivity index (χ1v) is 4.65. The zero-order valence-electron chi connectivity index (χ0n) is 7.51. The van der Waals surface area contributed by atoms with Gasteiger partial charge in [0, 0.05) is 4.47 Å². The Morgan fingerprint density at radius 3 is 2.07 bits per heavy atom. The SMILES string of the molecule is CNC(c1ccc(Br)cc1)C(F)F.Cl. The van der Waals surface area contributed by atoms with Crippen molar-refractivity contribution in [3.63, 3.8) is 0 Å². The first-order chi connectivity index (χ1) is 6.15. The summed E-state index contributed by atoms with van der Waals surface area (Å²) in [6.45, 7) is 0. The maximum atomic E-state index is 12.4. The van der Waals surface area contributed by atoms with Crippen molar-refractivity contribution in [2.45, 2.75) is 12.5 Å². The van der Waals surface area contributed by atoms with Crippen molar-refractivity contribution >= 4 is 28.3 Å². The second-order valence-electron chi connectivity index (χ2n) is 2.65. The summed E-state index contributed by atoms with van der Waals surface area (Å²) in [5.41, 5.74) is 0.598. The Bertz CT molecular complexity index is 266. The molecule has 1 aromatic carbocycles. The van der Waals surface area contributed by atoms with E-state index in [1.807, 2.05) is 0 Å². The van der Waals surface area contributed by atoms with Gasteiger partial charge in [0.1, 0.15) is 0 Å². The molecule has 0 saturated carbocycles. The van der Waals surface area contributed by atoms with Crippen LogP contribution in [0.3, 0.4) is 0 Å². The van der Waals surface area contributed by atoms with Crippen LogP contribution in [0.4, 0.5) is 8.78 Å². The van der Waals surface area contributed by atoms with Gasteiger partial charge in [-0.3, -0.25) is 0 Å². The lowest BCUT2D eigenvalue weighted by molar-refractivity contribution is 0.102. The summed E-state index contributed by atoms with van der Waals surface area (Å²) in [6, 6.07) is 5.98. The van der Waals surface area contributed by atoms with Crippen molar-refractivity contribution in [1.82, 2.24) is 5.32 Å². The lowest BCUT2D eigenvalue weighted by Crippen LogP contribution is -2.23. The molecule has 0 bridgehead atoms. The van der Waals surface area contributed by atoms with Gasteiger partial charge in [0.05, 0.1) is 6.04 Å². The molecule has 14 heavy (non-hydrogen) atoms. The van der Waals surface area contributed by atoms with E-state index in [1.165, 1.54) is 7.05 Å². The van der Waals surface area contributed by atoms with Gasteiger partial charge in [-0.2, -0.15) is 0 Å². The number of rotatable bonds is 3. The molecule has 0 radical (unpaired) electrons. The normalized spacial score (nSPS) is 12.4. The van der Waals surface area contributed by atoms with Gasteiger partial charge in [-0.1, -0.05) is 28.1 Å². The van der Waals surface area contributed by atoms with E-state index in [4.69, 9.17) is 0 Å². The molecule has 0 aliphatic rings. The van der Waals surface area contributed by atoms with Crippen LogP contribution in [0, 0.1) is 0 Å². The molecular formula is C9H11BrClF2N. The Balaban J connectivity index is 0.00000169. The van der Waals surface area contributed by atoms with Crippen LogP contribution in [0.15, 0.2) is 28.7 Å². The third-order valence-electron chi connectivity index (χ3n) is 1.79. The highest BCUT2D eigenvalue weighted by atomic mass is 79.9. The fourth-order valence-corrected chi connectivity index (χ4v) is 1.37. The van der Waals surface area contributed by atoms with Gasteiger partial charge in [0.2, 0.25) is 0 Å². The van der Waals surface area contributed by atoms with Crippen LogP contribution < -0.4 is 5.32 Å². The lowest BCUT2D eigenvalue weighted by Gasteiger charge is -2.15. The molecule has 0 aromatic heterocycles. The molecule has 0 amide bonds. The maximum Gasteiger partial charge on any atom is 0.257 e. The monoisotopic (exact) mass is 285 g/mol. The fraction of sp³-hybridized carbons (Fsp3) is 0.333. The van der Waals surface area contributed by atoms with E-state index in [0.29, 0.717) is 5.56 Å². The van der Waals surface area contributed by atoms with Crippen molar-refractivity contribution in [3.05, 3.63) is 34.3 Å². The predicted octanol–water partition coefficient (Wildman–Crippen LogP) is 3.40. The topological polar surface area (TPSA) is 12.0 Å². The van der Waals surface area contributed by atoms with Crippen molar-refractivity contribution < 1.29 is 8.78 Å². The number of alkyl halides is 2. The van der Waals surface area contributed by atoms with Crippen LogP contribution in [-0.4, -0.2) is 13.5 Å². The Morgan fingerprint density at radius 1 is 1.21 bits per heavy atom. The third-order valence-corrected chi connectivity index (χ3v) is 2.32. The van der Waals surface area contributed by atoms with Crippen LogP contribution >= 0.6 is 28.3 Å². The highest BCUT2D eigenvalue weighted by Crippen LogP contribution is 2.21. The Hall–Kier alpha value is -0.190. The summed E-state index contributed by atoms with van der Waals surface area (Å²) in [6.07, 6.45) is -2.38. The van der Waals surface area contributed by atoms with E-state index in [9.17, 15) is 8.78 Å². The molecule has 0 saturated heterocycles. The zero-order valence-corrected chi connectivity index (χ0v) is 9.91. The number of nitrogens with one attached hydrogen (secondary N) is 1. The quantitative estimate of drug-likeness (QED) is 0.898. The van der Waals surface area contributed by atoms with Crippen molar-refractivity contribution in [3.8, 4) is 0 Å². The molecule has 1 unspecified atom stereocenters. The van der Waals surface area contributed by atoms with E-state index in [1.54, 1.807) is 24.3 Å². The molecule has 0 aliphatic carbocycles. The van der Waals surface area contributed by atoms with Crippen molar-refractivity contribution in [1.29, 1.82) is 0 Å². The molecule has 1 N–H and O–H groups in total. The van der Waals surface area contributed by atoms with Gasteiger partial charge in [-0.25, -0.2) is 8.78 Å². The third kappa shape index (κ3) is 3.52. The van der Waals surface area contributed by atoms with Crippen LogP contribution in [0.2, 0.25) is 0 Å². The van der Waals surface area contributed by atoms with E-state index >= 15 is 0 Å². The molecule has 0 spiro atoms. The average molecular weight is 287 g/mol. The first kappa shape index (κ1) is 13.8. The number of halogens is 4. The van der Waals surface area contributed by atoms with Crippen LogP contribution in [0.5, 0.6) is 0 Å². The van der Waals surface area contributed by atoms with Crippen LogP contribution in [0.25, 0.3) is 0 Å². The van der Waals surface area contributed by atoms with Gasteiger partial charge >= 0.3 is 0 Å². The van der Waals surface area contributed by atoms with Crippen LogP contribution in [-0.2, 0) is 0 Å². The number of hydrogen-bond donors (Lipinski definition) is 1. The Labute approximate surface area is 96.4 Å². The first-order valence-electron chi connectivity index (χ1n) is 3.86. The second-order valence-corrected chi connectivity index (χ2v) is 3.57. The van der Waals surface area contributed by atoms with E-state index in [0.717, 1.165) is 4.47 Å². The van der Waals surface area contributed by atoms with Crippen LogP contribution in [0.1, 0.15) is 11.6 Å². The predicted molar refractivity (Wildman–Crippen MR) is 59.2 cm³/mol. The van der Waals surface area contributed by atoms with Gasteiger partial charge in [0.25, 0.3) is 6.43 Å². The highest BCUT2D eigenvalue weighted by molar-refractivity contribution is 9.10. The second kappa shape index (κ2) is 6.32. The number of benzene rings is 1. The molecule has 1 rings (SSSR count). The molecule has 1 atom stereocenters. The minimum Gasteiger partial charge on any atom is -0.308 e. The Kier molecular flexibility index (Phi) is 6.24. The summed E-state index contributed by atoms with van der Waals surface area (Å²) < 4.78 is 25.7. The lowest BCUT2D eigenvalue weighted by atomic mass is 10.1. The van der Waals surface area contributed by atoms with E-state index in [-0.39, 0.29) is 12.4 Å². The summed E-state index contributed by atoms with van der Waals surface area (Å²) in [5.74, 6) is 0. The minimum atomic E-state index is -2.38. The number of hydrogen-bond acceptors (Lipinski definition) is 1. The summed E-state index contributed by atoms with van der Waals surface area (Å²) in [5, 5.41) is 2.57. The highest BCUT2D eigenvalue weighted by Gasteiger charge is 2.19. The molecule has 0 fully saturated rings. The largest absolute Gasteiger partial charge is 0.308 e. The molecule has 0 aliphatic heterocycles. The smallest absolute Gasteiger partial charge is 0.257 e. The zero-order chi connectivity index (χ0) is 9.84. The summed E-state index contributed by atoms with van der Waals surface area (Å²) >= 11 is 3.25. The van der Waals surface area contributed by atoms with Gasteiger partial charge < -0.3 is 5.32 Å². The van der Waals surface area contributed by atoms with Gasteiger partial charge in [-0.05, 0) is 24.7 Å². The van der Waals surface area contributed by atoms with E-state index in [2.05, 4.69) is 21.2 Å². The fourth-order valence-electron chi connectivity index (χ4n) is 1.11.